The average molecular weight is 351 g/mol. The lowest BCUT2D eigenvalue weighted by Gasteiger charge is -2.34. The second kappa shape index (κ2) is 8.23. The fourth-order valence-electron chi connectivity index (χ4n) is 3.92. The first-order chi connectivity index (χ1) is 12.0. The normalized spacial score (nSPS) is 25.7. The van der Waals surface area contributed by atoms with Crippen molar-refractivity contribution in [2.45, 2.75) is 57.2 Å². The number of carbonyl (C=O) groups is 1. The van der Waals surface area contributed by atoms with Crippen LogP contribution in [0.25, 0.3) is 0 Å². The van der Waals surface area contributed by atoms with Crippen molar-refractivity contribution in [3.63, 3.8) is 0 Å². The number of hydrogen-bond donors (Lipinski definition) is 2. The minimum Gasteiger partial charge on any atom is -0.353 e. The molecule has 3 rings (SSSR count). The molecule has 0 aromatic heterocycles. The molecule has 1 aliphatic carbocycles. The molecule has 3 N–H and O–H groups in total. The summed E-state index contributed by atoms with van der Waals surface area (Å²) in [7, 11) is 0. The van der Waals surface area contributed by atoms with Gasteiger partial charge in [0.25, 0.3) is 0 Å². The maximum Gasteiger partial charge on any atom is 0.223 e. The Bertz CT molecular complexity index is 602. The lowest BCUT2D eigenvalue weighted by Crippen LogP contribution is -2.47. The van der Waals surface area contributed by atoms with Crippen LogP contribution in [-0.2, 0) is 11.3 Å². The van der Waals surface area contributed by atoms with Crippen LogP contribution in [0.1, 0.15) is 44.1 Å². The molecule has 0 bridgehead atoms. The van der Waals surface area contributed by atoms with Crippen molar-refractivity contribution in [2.75, 3.05) is 13.1 Å². The summed E-state index contributed by atoms with van der Waals surface area (Å²) in [6.45, 7) is 2.29. The minimum atomic E-state index is -0.812. The largest absolute Gasteiger partial charge is 0.353 e. The zero-order chi connectivity index (χ0) is 17.8. The first kappa shape index (κ1) is 18.3. The van der Waals surface area contributed by atoms with E-state index in [0.29, 0.717) is 6.54 Å². The van der Waals surface area contributed by atoms with Gasteiger partial charge < -0.3 is 11.1 Å². The number of benzene rings is 1. The first-order valence-electron chi connectivity index (χ1n) is 9.23. The van der Waals surface area contributed by atoms with E-state index in [2.05, 4.69) is 10.2 Å². The summed E-state index contributed by atoms with van der Waals surface area (Å²) in [5.74, 6) is -1.41. The predicted molar refractivity (Wildman–Crippen MR) is 92.7 cm³/mol. The smallest absolute Gasteiger partial charge is 0.223 e. The highest BCUT2D eigenvalue weighted by Crippen LogP contribution is 2.24. The van der Waals surface area contributed by atoms with Crippen molar-refractivity contribution in [3.05, 3.63) is 35.4 Å². The van der Waals surface area contributed by atoms with Gasteiger partial charge in [-0.25, -0.2) is 8.78 Å². The molecular formula is C19H27F2N3O. The molecule has 1 aromatic carbocycles. The molecule has 4 nitrogen and oxygen atoms in total. The Kier molecular flexibility index (Phi) is 6.02. The van der Waals surface area contributed by atoms with Crippen molar-refractivity contribution < 1.29 is 13.6 Å². The van der Waals surface area contributed by atoms with Gasteiger partial charge in [-0.2, -0.15) is 0 Å². The molecule has 138 valence electrons. The van der Waals surface area contributed by atoms with Crippen molar-refractivity contribution in [2.24, 2.45) is 11.7 Å². The van der Waals surface area contributed by atoms with Gasteiger partial charge in [0.2, 0.25) is 5.91 Å². The molecule has 2 unspecified atom stereocenters. The number of carbonyl (C=O) groups excluding carboxylic acids is 1. The molecule has 1 amide bonds. The quantitative estimate of drug-likeness (QED) is 0.877. The molecule has 1 heterocycles. The van der Waals surface area contributed by atoms with Crippen LogP contribution < -0.4 is 11.1 Å². The molecule has 25 heavy (non-hydrogen) atoms. The second-order valence-electron chi connectivity index (χ2n) is 7.43. The highest BCUT2D eigenvalue weighted by Gasteiger charge is 2.28. The maximum atomic E-state index is 13.3. The number of nitrogens with two attached hydrogens (primary N) is 1. The SMILES string of the molecule is NC1CCCC(C(=O)NC2CCN(Cc3ccc(F)c(F)c3)CC2)C1. The number of nitrogens with one attached hydrogen (secondary N) is 1. The highest BCUT2D eigenvalue weighted by molar-refractivity contribution is 5.79. The first-order valence-corrected chi connectivity index (χ1v) is 9.23. The second-order valence-corrected chi connectivity index (χ2v) is 7.43. The monoisotopic (exact) mass is 351 g/mol. The number of piperidine rings is 1. The Hall–Kier alpha value is -1.53. The predicted octanol–water partition coefficient (Wildman–Crippen LogP) is 2.56. The van der Waals surface area contributed by atoms with Gasteiger partial charge >= 0.3 is 0 Å². The van der Waals surface area contributed by atoms with Crippen LogP contribution in [0.3, 0.4) is 0 Å². The Morgan fingerprint density at radius 2 is 1.92 bits per heavy atom. The van der Waals surface area contributed by atoms with E-state index in [4.69, 9.17) is 5.73 Å². The Morgan fingerprint density at radius 3 is 2.60 bits per heavy atom. The summed E-state index contributed by atoms with van der Waals surface area (Å²) in [5.41, 5.74) is 6.75. The van der Waals surface area contributed by atoms with Crippen LogP contribution in [0.4, 0.5) is 8.78 Å². The van der Waals surface area contributed by atoms with Gasteiger partial charge in [-0.3, -0.25) is 9.69 Å². The number of rotatable bonds is 4. The fraction of sp³-hybridized carbons (Fsp3) is 0.632. The van der Waals surface area contributed by atoms with Gasteiger partial charge in [0.1, 0.15) is 0 Å². The van der Waals surface area contributed by atoms with Gasteiger partial charge in [-0.05, 0) is 49.8 Å². The standard InChI is InChI=1S/C19H27F2N3O/c20-17-5-4-13(10-18(17)21)12-24-8-6-16(7-9-24)23-19(25)14-2-1-3-15(22)11-14/h4-5,10,14-16H,1-3,6-9,11-12,22H2,(H,23,25). The van der Waals surface area contributed by atoms with Crippen LogP contribution in [0.2, 0.25) is 0 Å². The van der Waals surface area contributed by atoms with Gasteiger partial charge in [-0.1, -0.05) is 12.5 Å². The third-order valence-electron chi connectivity index (χ3n) is 5.41. The van der Waals surface area contributed by atoms with Crippen molar-refractivity contribution >= 4 is 5.91 Å². The van der Waals surface area contributed by atoms with E-state index >= 15 is 0 Å². The summed E-state index contributed by atoms with van der Waals surface area (Å²) in [6, 6.07) is 4.41. The third kappa shape index (κ3) is 4.98. The molecule has 1 saturated carbocycles. The van der Waals surface area contributed by atoms with E-state index in [1.807, 2.05) is 0 Å². The Balaban J connectivity index is 1.43. The molecule has 0 spiro atoms. The highest BCUT2D eigenvalue weighted by atomic mass is 19.2. The average Bonchev–Trinajstić information content (AvgIpc) is 2.60. The zero-order valence-corrected chi connectivity index (χ0v) is 14.5. The molecule has 1 saturated heterocycles. The minimum absolute atomic E-state index is 0.0592. The third-order valence-corrected chi connectivity index (χ3v) is 5.41. The molecular weight excluding hydrogens is 324 g/mol. The number of hydrogen-bond acceptors (Lipinski definition) is 3. The van der Waals surface area contributed by atoms with Crippen LogP contribution in [0, 0.1) is 17.6 Å². The summed E-state index contributed by atoms with van der Waals surface area (Å²) >= 11 is 0. The van der Waals surface area contributed by atoms with Crippen LogP contribution >= 0.6 is 0 Å². The lowest BCUT2D eigenvalue weighted by molar-refractivity contribution is -0.127. The van der Waals surface area contributed by atoms with Gasteiger partial charge in [0, 0.05) is 37.6 Å². The van der Waals surface area contributed by atoms with E-state index < -0.39 is 11.6 Å². The van der Waals surface area contributed by atoms with Gasteiger partial charge in [-0.15, -0.1) is 0 Å². The molecule has 6 heteroatoms. The maximum absolute atomic E-state index is 13.3. The van der Waals surface area contributed by atoms with E-state index in [-0.39, 0.29) is 23.9 Å². The fourth-order valence-corrected chi connectivity index (χ4v) is 3.92. The number of likely N-dealkylation sites (tertiary alicyclic amines) is 1. The molecule has 2 aliphatic rings. The summed E-state index contributed by atoms with van der Waals surface area (Å²) in [4.78, 5) is 14.6. The lowest BCUT2D eigenvalue weighted by atomic mass is 9.85. The summed E-state index contributed by atoms with van der Waals surface area (Å²) in [5, 5.41) is 3.18. The van der Waals surface area contributed by atoms with Crippen molar-refractivity contribution in [3.8, 4) is 0 Å². The van der Waals surface area contributed by atoms with Crippen LogP contribution in [0.5, 0.6) is 0 Å². The molecule has 1 aromatic rings. The van der Waals surface area contributed by atoms with E-state index in [1.165, 1.54) is 12.1 Å². The molecule has 0 radical (unpaired) electrons. The summed E-state index contributed by atoms with van der Waals surface area (Å²) < 4.78 is 26.3. The molecule has 2 fully saturated rings. The number of nitrogens with zero attached hydrogens (tertiary/aromatic N) is 1. The van der Waals surface area contributed by atoms with E-state index in [9.17, 15) is 13.6 Å². The zero-order valence-electron chi connectivity index (χ0n) is 14.5. The number of halogens is 2. The van der Waals surface area contributed by atoms with Crippen molar-refractivity contribution in [1.82, 2.24) is 10.2 Å². The van der Waals surface area contributed by atoms with Gasteiger partial charge in [0.05, 0.1) is 0 Å². The summed E-state index contributed by atoms with van der Waals surface area (Å²) in [6.07, 6.45) is 5.55. The molecule has 1 aliphatic heterocycles. The Morgan fingerprint density at radius 1 is 1.16 bits per heavy atom. The van der Waals surface area contributed by atoms with Crippen LogP contribution in [0.15, 0.2) is 18.2 Å². The Labute approximate surface area is 147 Å². The van der Waals surface area contributed by atoms with E-state index in [0.717, 1.165) is 57.2 Å². The topological polar surface area (TPSA) is 58.4 Å². The van der Waals surface area contributed by atoms with Crippen LogP contribution in [-0.4, -0.2) is 36.0 Å². The molecule has 2 atom stereocenters. The van der Waals surface area contributed by atoms with Gasteiger partial charge in [0.15, 0.2) is 11.6 Å². The van der Waals surface area contributed by atoms with Crippen molar-refractivity contribution in [1.29, 1.82) is 0 Å². The van der Waals surface area contributed by atoms with E-state index in [1.54, 1.807) is 6.07 Å². The number of amides is 1.